The number of rotatable bonds is 3. The fourth-order valence-electron chi connectivity index (χ4n) is 2.12. The van der Waals surface area contributed by atoms with Crippen molar-refractivity contribution < 1.29 is 13.2 Å². The zero-order chi connectivity index (χ0) is 14.9. The van der Waals surface area contributed by atoms with Crippen molar-refractivity contribution in [3.05, 3.63) is 69.5 Å². The van der Waals surface area contributed by atoms with Crippen molar-refractivity contribution in [3.8, 4) is 0 Å². The normalized spacial score (nSPS) is 12.5. The molecule has 0 bridgehead atoms. The number of benzene rings is 2. The van der Waals surface area contributed by atoms with Crippen molar-refractivity contribution in [2.45, 2.75) is 13.0 Å². The van der Waals surface area contributed by atoms with E-state index in [0.717, 1.165) is 6.07 Å². The molecule has 0 heterocycles. The van der Waals surface area contributed by atoms with Crippen LogP contribution >= 0.6 is 11.6 Å². The summed E-state index contributed by atoms with van der Waals surface area (Å²) in [5, 5.41) is 2.79. The van der Waals surface area contributed by atoms with Crippen LogP contribution in [0.3, 0.4) is 0 Å². The van der Waals surface area contributed by atoms with E-state index < -0.39 is 23.5 Å². The average Bonchev–Trinajstić information content (AvgIpc) is 2.41. The molecule has 0 amide bonds. The molecule has 0 spiro atoms. The van der Waals surface area contributed by atoms with Gasteiger partial charge in [-0.25, -0.2) is 13.2 Å². The summed E-state index contributed by atoms with van der Waals surface area (Å²) in [6, 6.07) is 5.94. The van der Waals surface area contributed by atoms with Gasteiger partial charge in [0, 0.05) is 17.2 Å². The van der Waals surface area contributed by atoms with Crippen LogP contribution in [0.2, 0.25) is 5.02 Å². The molecule has 106 valence electrons. The highest BCUT2D eigenvalue weighted by molar-refractivity contribution is 6.30. The second-order valence-electron chi connectivity index (χ2n) is 4.49. The summed E-state index contributed by atoms with van der Waals surface area (Å²) in [6.45, 7) is 1.53. The molecule has 0 aliphatic carbocycles. The van der Waals surface area contributed by atoms with E-state index in [1.54, 1.807) is 13.1 Å². The van der Waals surface area contributed by atoms with Crippen molar-refractivity contribution in [2.24, 2.45) is 0 Å². The molecule has 1 unspecified atom stereocenters. The number of nitrogens with one attached hydrogen (secondary N) is 1. The molecule has 0 saturated heterocycles. The Hall–Kier alpha value is -1.52. The summed E-state index contributed by atoms with van der Waals surface area (Å²) >= 11 is 5.74. The van der Waals surface area contributed by atoms with Crippen LogP contribution in [0.5, 0.6) is 0 Å². The molecule has 0 fully saturated rings. The number of halogens is 4. The number of hydrogen-bond donors (Lipinski definition) is 1. The molecule has 0 aliphatic rings. The van der Waals surface area contributed by atoms with Crippen LogP contribution in [0.1, 0.15) is 22.7 Å². The fourth-order valence-corrected chi connectivity index (χ4v) is 2.30. The molecule has 1 atom stereocenters. The molecular formula is C15H13ClF3N. The Morgan fingerprint density at radius 1 is 1.05 bits per heavy atom. The zero-order valence-electron chi connectivity index (χ0n) is 11.0. The molecule has 5 heteroatoms. The van der Waals surface area contributed by atoms with Gasteiger partial charge in [-0.2, -0.15) is 0 Å². The van der Waals surface area contributed by atoms with Crippen molar-refractivity contribution in [1.82, 2.24) is 5.32 Å². The maximum atomic E-state index is 14.1. The van der Waals surface area contributed by atoms with E-state index in [1.807, 2.05) is 0 Å². The van der Waals surface area contributed by atoms with Gasteiger partial charge in [0.15, 0.2) is 0 Å². The van der Waals surface area contributed by atoms with Crippen molar-refractivity contribution >= 4 is 11.6 Å². The highest BCUT2D eigenvalue weighted by Crippen LogP contribution is 2.30. The summed E-state index contributed by atoms with van der Waals surface area (Å²) < 4.78 is 41.3. The summed E-state index contributed by atoms with van der Waals surface area (Å²) in [4.78, 5) is 0. The Kier molecular flexibility index (Phi) is 4.35. The van der Waals surface area contributed by atoms with E-state index >= 15 is 0 Å². The van der Waals surface area contributed by atoms with Crippen LogP contribution in [0.4, 0.5) is 13.2 Å². The van der Waals surface area contributed by atoms with Gasteiger partial charge < -0.3 is 5.32 Å². The van der Waals surface area contributed by atoms with E-state index in [2.05, 4.69) is 5.32 Å². The lowest BCUT2D eigenvalue weighted by Crippen LogP contribution is -2.20. The minimum atomic E-state index is -0.743. The molecule has 2 aromatic carbocycles. The average molecular weight is 300 g/mol. The SMILES string of the molecule is CNC(c1cc(C)c(F)cc1F)c1cccc(Cl)c1F. The lowest BCUT2D eigenvalue weighted by atomic mass is 9.96. The van der Waals surface area contributed by atoms with Gasteiger partial charge >= 0.3 is 0 Å². The van der Waals surface area contributed by atoms with Crippen LogP contribution in [0.25, 0.3) is 0 Å². The van der Waals surface area contributed by atoms with Gasteiger partial charge in [0.05, 0.1) is 11.1 Å². The molecule has 0 radical (unpaired) electrons. The third-order valence-corrected chi connectivity index (χ3v) is 3.46. The van der Waals surface area contributed by atoms with E-state index in [0.29, 0.717) is 5.56 Å². The topological polar surface area (TPSA) is 12.0 Å². The molecular weight excluding hydrogens is 287 g/mol. The van der Waals surface area contributed by atoms with Gasteiger partial charge in [0.25, 0.3) is 0 Å². The Bertz CT molecular complexity index is 643. The van der Waals surface area contributed by atoms with Gasteiger partial charge in [-0.1, -0.05) is 23.7 Å². The van der Waals surface area contributed by atoms with Crippen molar-refractivity contribution in [3.63, 3.8) is 0 Å². The molecule has 1 N–H and O–H groups in total. The predicted molar refractivity (Wildman–Crippen MR) is 73.4 cm³/mol. The third kappa shape index (κ3) is 2.67. The Morgan fingerprint density at radius 3 is 2.40 bits per heavy atom. The zero-order valence-corrected chi connectivity index (χ0v) is 11.7. The van der Waals surface area contributed by atoms with Gasteiger partial charge in [-0.15, -0.1) is 0 Å². The Balaban J connectivity index is 2.58. The van der Waals surface area contributed by atoms with E-state index in [-0.39, 0.29) is 16.1 Å². The quantitative estimate of drug-likeness (QED) is 0.887. The van der Waals surface area contributed by atoms with Gasteiger partial charge in [-0.3, -0.25) is 0 Å². The molecule has 0 aromatic heterocycles. The molecule has 2 rings (SSSR count). The summed E-state index contributed by atoms with van der Waals surface area (Å²) in [5.74, 6) is -1.98. The lowest BCUT2D eigenvalue weighted by molar-refractivity contribution is 0.532. The van der Waals surface area contributed by atoms with E-state index in [9.17, 15) is 13.2 Å². The molecule has 20 heavy (non-hydrogen) atoms. The third-order valence-electron chi connectivity index (χ3n) is 3.17. The maximum Gasteiger partial charge on any atom is 0.146 e. The molecule has 0 saturated carbocycles. The summed E-state index contributed by atoms with van der Waals surface area (Å²) in [5.41, 5.74) is 0.682. The van der Waals surface area contributed by atoms with Gasteiger partial charge in [0.1, 0.15) is 17.5 Å². The molecule has 0 aliphatic heterocycles. The predicted octanol–water partition coefficient (Wildman–Crippen LogP) is 4.37. The monoisotopic (exact) mass is 299 g/mol. The van der Waals surface area contributed by atoms with Crippen LogP contribution in [-0.2, 0) is 0 Å². The minimum absolute atomic E-state index is 0.0398. The molecule has 2 aromatic rings. The Labute approximate surface area is 120 Å². The van der Waals surface area contributed by atoms with Crippen LogP contribution in [0.15, 0.2) is 30.3 Å². The minimum Gasteiger partial charge on any atom is -0.309 e. The van der Waals surface area contributed by atoms with Crippen LogP contribution in [-0.4, -0.2) is 7.05 Å². The largest absolute Gasteiger partial charge is 0.309 e. The standard InChI is InChI=1S/C15H13ClF3N/c1-8-6-10(13(18)7-12(8)17)15(20-2)9-4-3-5-11(16)14(9)19/h3-7,15,20H,1-2H3. The first-order valence-electron chi connectivity index (χ1n) is 6.02. The fraction of sp³-hybridized carbons (Fsp3) is 0.200. The first-order chi connectivity index (χ1) is 9.45. The number of hydrogen-bond acceptors (Lipinski definition) is 1. The van der Waals surface area contributed by atoms with Crippen LogP contribution < -0.4 is 5.32 Å². The van der Waals surface area contributed by atoms with Gasteiger partial charge in [-0.05, 0) is 31.7 Å². The first-order valence-corrected chi connectivity index (χ1v) is 6.40. The first kappa shape index (κ1) is 14.9. The van der Waals surface area contributed by atoms with Crippen molar-refractivity contribution in [2.75, 3.05) is 7.05 Å². The number of aryl methyl sites for hydroxylation is 1. The van der Waals surface area contributed by atoms with Crippen molar-refractivity contribution in [1.29, 1.82) is 0 Å². The maximum absolute atomic E-state index is 14.1. The highest BCUT2D eigenvalue weighted by Gasteiger charge is 2.22. The summed E-state index contributed by atoms with van der Waals surface area (Å²) in [6.07, 6.45) is 0. The van der Waals surface area contributed by atoms with Crippen LogP contribution in [0, 0.1) is 24.4 Å². The molecule has 1 nitrogen and oxygen atoms in total. The van der Waals surface area contributed by atoms with Gasteiger partial charge in [0.2, 0.25) is 0 Å². The smallest absolute Gasteiger partial charge is 0.146 e. The van der Waals surface area contributed by atoms with E-state index in [4.69, 9.17) is 11.6 Å². The van der Waals surface area contributed by atoms with E-state index in [1.165, 1.54) is 25.1 Å². The highest BCUT2D eigenvalue weighted by atomic mass is 35.5. The lowest BCUT2D eigenvalue weighted by Gasteiger charge is -2.19. The second-order valence-corrected chi connectivity index (χ2v) is 4.89. The Morgan fingerprint density at radius 2 is 1.75 bits per heavy atom. The summed E-state index contributed by atoms with van der Waals surface area (Å²) in [7, 11) is 1.57. The second kappa shape index (κ2) is 5.85.